The van der Waals surface area contributed by atoms with Crippen LogP contribution in [-0.4, -0.2) is 103 Å². The van der Waals surface area contributed by atoms with Crippen LogP contribution in [0.2, 0.25) is 0 Å². The van der Waals surface area contributed by atoms with Crippen molar-refractivity contribution >= 4 is 29.1 Å². The summed E-state index contributed by atoms with van der Waals surface area (Å²) in [5, 5.41) is 12.7. The van der Waals surface area contributed by atoms with E-state index in [2.05, 4.69) is 80.7 Å². The highest BCUT2D eigenvalue weighted by Crippen LogP contribution is 2.48. The van der Waals surface area contributed by atoms with E-state index in [0.29, 0.717) is 36.8 Å². The lowest BCUT2D eigenvalue weighted by molar-refractivity contribution is -0.136. The Morgan fingerprint density at radius 1 is 0.864 bits per heavy atom. The van der Waals surface area contributed by atoms with Gasteiger partial charge in [0.1, 0.15) is 24.1 Å². The molecule has 11 heteroatoms. The zero-order valence-electron chi connectivity index (χ0n) is 33.8. The summed E-state index contributed by atoms with van der Waals surface area (Å²) in [6.07, 6.45) is 5.51. The maximum absolute atomic E-state index is 13.4. The molecule has 10 rings (SSSR count). The summed E-state index contributed by atoms with van der Waals surface area (Å²) in [4.78, 5) is 46.8. The van der Waals surface area contributed by atoms with Crippen LogP contribution in [0.15, 0.2) is 84.9 Å². The maximum Gasteiger partial charge on any atom is 0.255 e. The molecule has 6 aliphatic rings. The second-order valence-corrected chi connectivity index (χ2v) is 17.4. The molecular weight excluding hydrogens is 743 g/mol. The van der Waals surface area contributed by atoms with Crippen molar-refractivity contribution in [1.82, 2.24) is 15.1 Å². The Morgan fingerprint density at radius 3 is 2.46 bits per heavy atom. The molecule has 5 heterocycles. The minimum Gasteiger partial charge on any atom is -0.508 e. The summed E-state index contributed by atoms with van der Waals surface area (Å²) in [7, 11) is 1.88. The number of rotatable bonds is 8. The second-order valence-electron chi connectivity index (χ2n) is 17.4. The smallest absolute Gasteiger partial charge is 0.255 e. The fourth-order valence-electron chi connectivity index (χ4n) is 11.0. The summed E-state index contributed by atoms with van der Waals surface area (Å²) in [6, 6.07) is 29.5. The molecule has 4 atom stereocenters. The van der Waals surface area contributed by atoms with Crippen LogP contribution in [0.5, 0.6) is 11.5 Å². The molecule has 306 valence electrons. The summed E-state index contributed by atoms with van der Waals surface area (Å²) in [5.41, 5.74) is 8.80. The third-order valence-electron chi connectivity index (χ3n) is 14.4. The highest BCUT2D eigenvalue weighted by molar-refractivity contribution is 6.06. The Bertz CT molecular complexity index is 2260. The lowest BCUT2D eigenvalue weighted by atomic mass is 9.69. The monoisotopic (exact) mass is 795 g/mol. The Labute approximate surface area is 345 Å². The predicted molar refractivity (Wildman–Crippen MR) is 225 cm³/mol. The van der Waals surface area contributed by atoms with Gasteiger partial charge in [-0.1, -0.05) is 48.5 Å². The molecule has 1 aliphatic carbocycles. The first-order valence-corrected chi connectivity index (χ1v) is 21.5. The van der Waals surface area contributed by atoms with Crippen LogP contribution in [0.4, 0.5) is 11.4 Å². The van der Waals surface area contributed by atoms with Crippen molar-refractivity contribution in [3.05, 3.63) is 118 Å². The quantitative estimate of drug-likeness (QED) is 0.208. The highest BCUT2D eigenvalue weighted by Gasteiger charge is 2.44. The summed E-state index contributed by atoms with van der Waals surface area (Å²) < 4.78 is 12.8. The number of hydrogen-bond acceptors (Lipinski definition) is 9. The number of amides is 3. The average molecular weight is 796 g/mol. The van der Waals surface area contributed by atoms with Crippen LogP contribution < -0.4 is 19.9 Å². The first kappa shape index (κ1) is 37.9. The van der Waals surface area contributed by atoms with Gasteiger partial charge in [-0.15, -0.1) is 0 Å². The highest BCUT2D eigenvalue weighted by atomic mass is 16.5. The van der Waals surface area contributed by atoms with Gasteiger partial charge in [-0.2, -0.15) is 0 Å². The van der Waals surface area contributed by atoms with Gasteiger partial charge in [0.15, 0.2) is 0 Å². The summed E-state index contributed by atoms with van der Waals surface area (Å²) in [5.74, 6) is 0.852. The van der Waals surface area contributed by atoms with E-state index in [4.69, 9.17) is 9.47 Å². The molecule has 3 fully saturated rings. The van der Waals surface area contributed by atoms with Gasteiger partial charge in [-0.05, 0) is 103 Å². The Morgan fingerprint density at radius 2 is 1.68 bits per heavy atom. The van der Waals surface area contributed by atoms with E-state index in [-0.39, 0.29) is 35.8 Å². The maximum atomic E-state index is 13.4. The number of imide groups is 1. The molecule has 4 aromatic rings. The molecular formula is C48H53N5O6. The molecule has 4 aromatic carbocycles. The van der Waals surface area contributed by atoms with E-state index in [1.807, 2.05) is 31.4 Å². The number of methoxy groups -OCH3 is 1. The number of carbonyl (C=O) groups is 3. The minimum atomic E-state index is -0.644. The largest absolute Gasteiger partial charge is 0.508 e. The molecule has 5 aliphatic heterocycles. The van der Waals surface area contributed by atoms with Crippen molar-refractivity contribution in [1.29, 1.82) is 0 Å². The molecule has 3 amide bonds. The number of hydrogen-bond donors (Lipinski definition) is 2. The van der Waals surface area contributed by atoms with E-state index < -0.39 is 11.9 Å². The molecule has 59 heavy (non-hydrogen) atoms. The Hall–Kier alpha value is -5.39. The molecule has 0 spiro atoms. The topological polar surface area (TPSA) is 115 Å². The van der Waals surface area contributed by atoms with Crippen molar-refractivity contribution in [3.8, 4) is 11.5 Å². The summed E-state index contributed by atoms with van der Waals surface area (Å²) >= 11 is 0. The van der Waals surface area contributed by atoms with Crippen LogP contribution >= 0.6 is 0 Å². The van der Waals surface area contributed by atoms with Crippen LogP contribution in [-0.2, 0) is 27.3 Å². The third-order valence-corrected chi connectivity index (χ3v) is 14.4. The van der Waals surface area contributed by atoms with Gasteiger partial charge in [-0.25, -0.2) is 0 Å². The number of nitrogens with one attached hydrogen (secondary N) is 1. The Kier molecular flexibility index (Phi) is 9.83. The molecule has 0 radical (unpaired) electrons. The van der Waals surface area contributed by atoms with Gasteiger partial charge in [0.2, 0.25) is 11.8 Å². The molecule has 11 nitrogen and oxygen atoms in total. The third kappa shape index (κ3) is 6.91. The number of aryl methyl sites for hydroxylation is 1. The number of fused-ring (bicyclic) bond motifs is 6. The lowest BCUT2D eigenvalue weighted by Crippen LogP contribution is -2.58. The summed E-state index contributed by atoms with van der Waals surface area (Å²) in [6.45, 7) is 6.41. The molecule has 0 unspecified atom stereocenters. The lowest BCUT2D eigenvalue weighted by Gasteiger charge is -2.47. The standard InChI is InChI=1S/C48H53N5O6/c1-58-48(19-22-50-25-26-52-35(28-50)30-59-45-40-29-53(42-17-18-43(55)49-46(42)56)47(57)39(40)15-16-41(45)52)20-23-51(24-21-48)34-10-7-32(8-11-34)44-37(31-5-3-2-4-6-31)13-9-33-27-36(54)12-14-38(33)44/h2-8,10-12,14-16,27,35,37,42,44,54H,9,13,17-26,28-30H2,1H3,(H,49,55,56)/t35-,37-,42+,44+/m1/s1. The number of ether oxygens (including phenoxy) is 2. The van der Waals surface area contributed by atoms with Gasteiger partial charge >= 0.3 is 0 Å². The second kappa shape index (κ2) is 15.3. The SMILES string of the molecule is COC1(CCN2CCN3c4ccc5c(c4OC[C@H]3C2)CN([C@H]2CCC(=O)NC2=O)C5=O)CCN(c2ccc([C@@H]3c4ccc(O)cc4CC[C@@H]3c3ccccc3)cc2)CC1. The fraction of sp³-hybridized carbons (Fsp3) is 0.438. The van der Waals surface area contributed by atoms with E-state index in [9.17, 15) is 19.5 Å². The zero-order chi connectivity index (χ0) is 40.3. The predicted octanol–water partition coefficient (Wildman–Crippen LogP) is 5.97. The van der Waals surface area contributed by atoms with Crippen LogP contribution in [0, 0.1) is 0 Å². The van der Waals surface area contributed by atoms with Crippen molar-refractivity contribution in [2.45, 2.75) is 81.0 Å². The number of nitrogens with zero attached hydrogens (tertiary/aromatic N) is 4. The number of phenols is 1. The van der Waals surface area contributed by atoms with E-state index in [0.717, 1.165) is 88.4 Å². The molecule has 0 aromatic heterocycles. The number of benzene rings is 4. The number of piperidine rings is 2. The van der Waals surface area contributed by atoms with E-state index >= 15 is 0 Å². The normalized spacial score (nSPS) is 25.1. The first-order valence-electron chi connectivity index (χ1n) is 21.5. The average Bonchev–Trinajstić information content (AvgIpc) is 3.61. The first-order chi connectivity index (χ1) is 28.8. The molecule has 2 N–H and O–H groups in total. The van der Waals surface area contributed by atoms with Gasteiger partial charge < -0.3 is 29.3 Å². The molecule has 0 saturated carbocycles. The van der Waals surface area contributed by atoms with Crippen LogP contribution in [0.1, 0.15) is 88.5 Å². The number of aromatic hydroxyl groups is 1. The van der Waals surface area contributed by atoms with Crippen molar-refractivity contribution < 1.29 is 29.0 Å². The Balaban J connectivity index is 0.759. The van der Waals surface area contributed by atoms with Crippen molar-refractivity contribution in [2.24, 2.45) is 0 Å². The number of phenolic OH excluding ortho intramolecular Hbond substituents is 1. The van der Waals surface area contributed by atoms with Gasteiger partial charge in [0.05, 0.1) is 23.9 Å². The number of piperazine rings is 1. The van der Waals surface area contributed by atoms with Crippen molar-refractivity contribution in [2.75, 3.05) is 62.8 Å². The van der Waals surface area contributed by atoms with Gasteiger partial charge in [0, 0.05) is 75.5 Å². The number of anilines is 2. The molecule has 0 bridgehead atoms. The zero-order valence-corrected chi connectivity index (χ0v) is 33.8. The number of carbonyl (C=O) groups excluding carboxylic acids is 3. The molecule has 3 saturated heterocycles. The van der Waals surface area contributed by atoms with Crippen molar-refractivity contribution in [3.63, 3.8) is 0 Å². The van der Waals surface area contributed by atoms with Crippen LogP contribution in [0.25, 0.3) is 0 Å². The van der Waals surface area contributed by atoms with Crippen LogP contribution in [0.3, 0.4) is 0 Å². The van der Waals surface area contributed by atoms with Gasteiger partial charge in [0.25, 0.3) is 5.91 Å². The fourth-order valence-corrected chi connectivity index (χ4v) is 11.0. The van der Waals surface area contributed by atoms with E-state index in [1.165, 1.54) is 27.9 Å². The van der Waals surface area contributed by atoms with Gasteiger partial charge in [-0.3, -0.25) is 24.6 Å². The minimum absolute atomic E-state index is 0.162. The van der Waals surface area contributed by atoms with E-state index in [1.54, 1.807) is 4.90 Å².